The predicted octanol–water partition coefficient (Wildman–Crippen LogP) is 3.96. The molecule has 0 amide bonds. The minimum Gasteiger partial charge on any atom is -0.398 e. The Bertz CT molecular complexity index is 561. The molecule has 1 atom stereocenters. The Morgan fingerprint density at radius 2 is 1.61 bits per heavy atom. The Kier molecular flexibility index (Phi) is 3.48. The van der Waals surface area contributed by atoms with Gasteiger partial charge in [0.25, 0.3) is 0 Å². The second-order valence-electron chi connectivity index (χ2n) is 4.61. The highest BCUT2D eigenvalue weighted by Gasteiger charge is 2.13. The van der Waals surface area contributed by atoms with Crippen LogP contribution in [0.1, 0.15) is 29.5 Å². The highest BCUT2D eigenvalue weighted by molar-refractivity contribution is 6.30. The zero-order chi connectivity index (χ0) is 13.3. The van der Waals surface area contributed by atoms with Crippen molar-refractivity contribution in [1.82, 2.24) is 0 Å². The van der Waals surface area contributed by atoms with Gasteiger partial charge in [-0.05, 0) is 41.8 Å². The maximum Gasteiger partial charge on any atom is 0.0406 e. The first kappa shape index (κ1) is 12.8. The quantitative estimate of drug-likeness (QED) is 0.803. The fourth-order valence-corrected chi connectivity index (χ4v) is 2.20. The number of rotatable bonds is 2. The van der Waals surface area contributed by atoms with E-state index in [4.69, 9.17) is 23.1 Å². The predicted molar refractivity (Wildman–Crippen MR) is 79.0 cm³/mol. The molecule has 18 heavy (non-hydrogen) atoms. The van der Waals surface area contributed by atoms with Crippen LogP contribution in [0.25, 0.3) is 0 Å². The molecule has 2 nitrogen and oxygen atoms in total. The van der Waals surface area contributed by atoms with Crippen molar-refractivity contribution in [2.75, 3.05) is 11.5 Å². The van der Waals surface area contributed by atoms with Gasteiger partial charge in [-0.15, -0.1) is 0 Å². The van der Waals surface area contributed by atoms with Crippen molar-refractivity contribution in [2.24, 2.45) is 0 Å². The van der Waals surface area contributed by atoms with Gasteiger partial charge in [-0.25, -0.2) is 0 Å². The molecule has 0 radical (unpaired) electrons. The van der Waals surface area contributed by atoms with Gasteiger partial charge in [0, 0.05) is 22.3 Å². The van der Waals surface area contributed by atoms with Gasteiger partial charge >= 0.3 is 0 Å². The Hall–Kier alpha value is -1.67. The van der Waals surface area contributed by atoms with Gasteiger partial charge in [0.1, 0.15) is 0 Å². The molecule has 0 saturated carbocycles. The highest BCUT2D eigenvalue weighted by atomic mass is 35.5. The summed E-state index contributed by atoms with van der Waals surface area (Å²) in [6.45, 7) is 4.12. The molecule has 2 aromatic carbocycles. The van der Waals surface area contributed by atoms with E-state index >= 15 is 0 Å². The standard InChI is InChI=1S/C15H17ClN2/c1-9-7-13(15(18)8-14(9)17)10(2)11-3-5-12(16)6-4-11/h3-8,10H,17-18H2,1-2H3. The second-order valence-corrected chi connectivity index (χ2v) is 5.05. The summed E-state index contributed by atoms with van der Waals surface area (Å²) in [6.07, 6.45) is 0. The minimum atomic E-state index is 0.224. The number of benzene rings is 2. The molecule has 1 unspecified atom stereocenters. The van der Waals surface area contributed by atoms with Crippen molar-refractivity contribution in [3.8, 4) is 0 Å². The molecule has 0 fully saturated rings. The molecule has 0 heterocycles. The van der Waals surface area contributed by atoms with Crippen LogP contribution in [0.2, 0.25) is 5.02 Å². The third kappa shape index (κ3) is 2.44. The lowest BCUT2D eigenvalue weighted by Gasteiger charge is -2.17. The number of halogens is 1. The monoisotopic (exact) mass is 260 g/mol. The Labute approximate surface area is 113 Å². The van der Waals surface area contributed by atoms with Crippen LogP contribution in [-0.4, -0.2) is 0 Å². The van der Waals surface area contributed by atoms with Crippen LogP contribution in [0.5, 0.6) is 0 Å². The molecule has 94 valence electrons. The Morgan fingerprint density at radius 1 is 1.00 bits per heavy atom. The van der Waals surface area contributed by atoms with E-state index in [1.807, 2.05) is 37.3 Å². The lowest BCUT2D eigenvalue weighted by atomic mass is 9.90. The SMILES string of the molecule is Cc1cc(C(C)c2ccc(Cl)cc2)c(N)cc1N. The highest BCUT2D eigenvalue weighted by Crippen LogP contribution is 2.31. The molecule has 0 saturated heterocycles. The summed E-state index contributed by atoms with van der Waals surface area (Å²) in [4.78, 5) is 0. The van der Waals surface area contributed by atoms with Gasteiger partial charge in [0.2, 0.25) is 0 Å². The molecule has 2 aromatic rings. The van der Waals surface area contributed by atoms with Crippen LogP contribution in [-0.2, 0) is 0 Å². The summed E-state index contributed by atoms with van der Waals surface area (Å²) in [5.41, 5.74) is 16.7. The van der Waals surface area contributed by atoms with E-state index in [1.54, 1.807) is 0 Å². The summed E-state index contributed by atoms with van der Waals surface area (Å²) < 4.78 is 0. The number of hydrogen-bond acceptors (Lipinski definition) is 2. The van der Waals surface area contributed by atoms with Crippen molar-refractivity contribution < 1.29 is 0 Å². The largest absolute Gasteiger partial charge is 0.398 e. The molecular formula is C15H17ClN2. The van der Waals surface area contributed by atoms with Crippen molar-refractivity contribution in [2.45, 2.75) is 19.8 Å². The molecule has 0 spiro atoms. The van der Waals surface area contributed by atoms with Gasteiger partial charge in [-0.2, -0.15) is 0 Å². The van der Waals surface area contributed by atoms with Crippen molar-refractivity contribution in [3.63, 3.8) is 0 Å². The Balaban J connectivity index is 2.42. The fourth-order valence-electron chi connectivity index (χ4n) is 2.07. The van der Waals surface area contributed by atoms with E-state index in [9.17, 15) is 0 Å². The normalized spacial score (nSPS) is 12.4. The van der Waals surface area contributed by atoms with Gasteiger partial charge in [-0.1, -0.05) is 36.7 Å². The summed E-state index contributed by atoms with van der Waals surface area (Å²) in [6, 6.07) is 11.7. The van der Waals surface area contributed by atoms with E-state index in [-0.39, 0.29) is 5.92 Å². The topological polar surface area (TPSA) is 52.0 Å². The molecule has 4 N–H and O–H groups in total. The second kappa shape index (κ2) is 4.91. The van der Waals surface area contributed by atoms with Crippen LogP contribution in [0, 0.1) is 6.92 Å². The molecule has 3 heteroatoms. The van der Waals surface area contributed by atoms with Gasteiger partial charge in [0.15, 0.2) is 0 Å². The smallest absolute Gasteiger partial charge is 0.0406 e. The van der Waals surface area contributed by atoms with Gasteiger partial charge < -0.3 is 11.5 Å². The van der Waals surface area contributed by atoms with E-state index in [0.29, 0.717) is 0 Å². The van der Waals surface area contributed by atoms with Gasteiger partial charge in [-0.3, -0.25) is 0 Å². The third-order valence-corrected chi connectivity index (χ3v) is 3.56. The average molecular weight is 261 g/mol. The first-order valence-corrected chi connectivity index (χ1v) is 6.28. The number of anilines is 2. The minimum absolute atomic E-state index is 0.224. The van der Waals surface area contributed by atoms with E-state index in [1.165, 1.54) is 5.56 Å². The van der Waals surface area contributed by atoms with E-state index in [2.05, 4.69) is 13.0 Å². The molecule has 0 bridgehead atoms. The molecule has 0 aliphatic heterocycles. The number of nitrogen functional groups attached to an aromatic ring is 2. The fraction of sp³-hybridized carbons (Fsp3) is 0.200. The van der Waals surface area contributed by atoms with Crippen molar-refractivity contribution in [1.29, 1.82) is 0 Å². The van der Waals surface area contributed by atoms with Crippen molar-refractivity contribution in [3.05, 3.63) is 58.1 Å². The molecule has 0 aliphatic carbocycles. The average Bonchev–Trinajstić information content (AvgIpc) is 2.34. The van der Waals surface area contributed by atoms with E-state index in [0.717, 1.165) is 27.5 Å². The first-order chi connectivity index (χ1) is 8.49. The van der Waals surface area contributed by atoms with Crippen LogP contribution >= 0.6 is 11.6 Å². The van der Waals surface area contributed by atoms with Crippen LogP contribution in [0.4, 0.5) is 11.4 Å². The first-order valence-electron chi connectivity index (χ1n) is 5.90. The molecule has 0 aromatic heterocycles. The molecular weight excluding hydrogens is 244 g/mol. The molecule has 0 aliphatic rings. The Morgan fingerprint density at radius 3 is 2.22 bits per heavy atom. The van der Waals surface area contributed by atoms with Crippen LogP contribution < -0.4 is 11.5 Å². The summed E-state index contributed by atoms with van der Waals surface area (Å²) in [5.74, 6) is 0.224. The number of nitrogens with two attached hydrogens (primary N) is 2. The maximum absolute atomic E-state index is 6.05. The van der Waals surface area contributed by atoms with E-state index < -0.39 is 0 Å². The maximum atomic E-state index is 6.05. The van der Waals surface area contributed by atoms with Crippen LogP contribution in [0.3, 0.4) is 0 Å². The van der Waals surface area contributed by atoms with Gasteiger partial charge in [0.05, 0.1) is 0 Å². The number of aryl methyl sites for hydroxylation is 1. The third-order valence-electron chi connectivity index (χ3n) is 3.31. The number of hydrogen-bond donors (Lipinski definition) is 2. The zero-order valence-electron chi connectivity index (χ0n) is 10.6. The lowest BCUT2D eigenvalue weighted by molar-refractivity contribution is 0.924. The zero-order valence-corrected chi connectivity index (χ0v) is 11.3. The summed E-state index contributed by atoms with van der Waals surface area (Å²) in [5, 5.41) is 0.743. The summed E-state index contributed by atoms with van der Waals surface area (Å²) >= 11 is 5.90. The van der Waals surface area contributed by atoms with Crippen LogP contribution in [0.15, 0.2) is 36.4 Å². The summed E-state index contributed by atoms with van der Waals surface area (Å²) in [7, 11) is 0. The molecule has 2 rings (SSSR count). The lowest BCUT2D eigenvalue weighted by Crippen LogP contribution is -2.03. The van der Waals surface area contributed by atoms with Crippen molar-refractivity contribution >= 4 is 23.0 Å².